The standard InChI is InChI=1S/C33H36N4O8.C30H38N4O8.C28H33N5O9/c1-35(2)27-21-15-17-14-20-19(23(39)16-36-10-12-37(13-11-36)18-6-4-3-5-7-18)8-9-22(38)25(20)28(40)24(17)30(42)33(21,45)31(43)26(29(27)41)32(34)44;1-14(2)34-9-7-33(8-10-34)13-20(36)16-5-6-19(35)22-17(16)11-15-12-18-24(32(3)4)26(38)23(29(31)41)28(40)30(18,42)27(39)21(15)25(22)37;1-31(2)21-15-10-12-9-14-13(17(35)11-32-5-7-33(8-6-32)27(30)41)3-4-16(34)19(14)22(36)18(12)24(38)28(15,42)25(39)20(23(21)37)26(29)40/h3-9,17,21,27,38,40,43,45H,10-16H2,1-2H3,(H2,34,44);5-6,14-15,18,24,35,37,40,42H,7-13H2,1-4H3,(H2,31,41);3-4,12,15,21,34,36,39,42H,5-11H2,1-2H3,(H2,29,40)(H2,30,41)/t17-,21-,27-,33-;15-,18-,24-,30-;12-,15-,21-,28-/m000/s1. The lowest BCUT2D eigenvalue weighted by Gasteiger charge is -2.50. The fourth-order valence-electron chi connectivity index (χ4n) is 21.7. The summed E-state index contributed by atoms with van der Waals surface area (Å²) in [5, 5.41) is 135. The Kier molecular flexibility index (Phi) is 25.1. The number of hydrogen-bond donors (Lipinski definition) is 16. The van der Waals surface area contributed by atoms with Crippen molar-refractivity contribution < 1.29 is 124 Å². The van der Waals surface area contributed by atoms with Gasteiger partial charge in [0.2, 0.25) is 17.3 Å². The lowest BCUT2D eigenvalue weighted by Crippen LogP contribution is -2.65. The fraction of sp³-hybridized carbons (Fsp3) is 0.462. The minimum Gasteiger partial charge on any atom is -0.508 e. The van der Waals surface area contributed by atoms with Gasteiger partial charge in [0.15, 0.2) is 51.5 Å². The molecular weight excluding hydrogens is 1680 g/mol. The average Bonchev–Trinajstić information content (AvgIpc) is 0.706. The number of urea groups is 1. The monoisotopic (exact) mass is 1780 g/mol. The van der Waals surface area contributed by atoms with Gasteiger partial charge in [0.1, 0.15) is 68.5 Å². The Hall–Kier alpha value is -12.4. The predicted octanol–water partition coefficient (Wildman–Crippen LogP) is -0.0154. The number of nitrogens with zero attached hydrogens (tertiary/aromatic N) is 9. The SMILES string of the molecule is CC(C)N1CCN(CC(=O)c2ccc(O)c3c2C[C@H]2C[C@H]4[C@H](N(C)C)C(=O)C(C(N)=O)=C(O)[C@@]4(O)C(=O)C2=C3O)CC1.CN(C)[C@@H]1C(=O)C(C(N)=O)=C(O)[C@@]2(O)C(=O)C3=C(O)c4c(O)ccc(C(=O)CN5CCN(C(N)=O)CC5)c4C[C@H]3C[C@@H]12.CN(C)[C@@H]1C(=O)C(C(N)=O)=C(O)[C@@]2(O)C(=O)C3=C(O)c4c(O)ccc(C(=O)CN5CCN(c6ccccc6)CC5)c4C[C@H]3C[C@@H]12. The quantitative estimate of drug-likeness (QED) is 0.0488. The molecule has 6 fully saturated rings. The summed E-state index contributed by atoms with van der Waals surface area (Å²) in [5.41, 5.74) is 12.6. The number of ketones is 9. The number of primary amides is 4. The second-order valence-electron chi connectivity index (χ2n) is 36.2. The van der Waals surface area contributed by atoms with Crippen molar-refractivity contribution in [3.8, 4) is 17.2 Å². The molecule has 38 heteroatoms. The van der Waals surface area contributed by atoms with Crippen molar-refractivity contribution in [2.24, 2.45) is 58.4 Å². The van der Waals surface area contributed by atoms with E-state index in [9.17, 15) is 124 Å². The van der Waals surface area contributed by atoms with Crippen LogP contribution < -0.4 is 27.8 Å². The third-order valence-corrected chi connectivity index (χ3v) is 28.1. The zero-order valence-corrected chi connectivity index (χ0v) is 72.5. The number of phenolic OH excluding ortho intramolecular Hbond substituents is 3. The Labute approximate surface area is 740 Å². The molecule has 4 aromatic carbocycles. The van der Waals surface area contributed by atoms with Crippen molar-refractivity contribution in [1.29, 1.82) is 0 Å². The van der Waals surface area contributed by atoms with Gasteiger partial charge in [-0.25, -0.2) is 4.79 Å². The first-order valence-electron chi connectivity index (χ1n) is 42.6. The van der Waals surface area contributed by atoms with Crippen LogP contribution in [0.15, 0.2) is 117 Å². The van der Waals surface area contributed by atoms with E-state index in [-0.39, 0.29) is 126 Å². The Morgan fingerprint density at radius 3 is 0.938 bits per heavy atom. The number of rotatable bonds is 17. The molecule has 0 aromatic heterocycles. The van der Waals surface area contributed by atoms with Crippen molar-refractivity contribution in [1.82, 2.24) is 39.2 Å². The lowest BCUT2D eigenvalue weighted by atomic mass is 9.57. The van der Waals surface area contributed by atoms with E-state index >= 15 is 0 Å². The van der Waals surface area contributed by atoms with Crippen LogP contribution in [0.5, 0.6) is 17.2 Å². The summed E-state index contributed by atoms with van der Waals surface area (Å²) < 4.78 is 0. The third-order valence-electron chi connectivity index (χ3n) is 28.1. The topological polar surface area (TPSA) is 598 Å². The molecule has 0 spiro atoms. The highest BCUT2D eigenvalue weighted by Gasteiger charge is 2.68. The Bertz CT molecular complexity index is 5690. The van der Waals surface area contributed by atoms with Crippen molar-refractivity contribution in [3.63, 3.8) is 0 Å². The minimum atomic E-state index is -2.74. The molecule has 4 aromatic rings. The van der Waals surface area contributed by atoms with Crippen LogP contribution in [0.1, 0.15) is 97.6 Å². The van der Waals surface area contributed by atoms with E-state index in [0.29, 0.717) is 73.1 Å². The fourth-order valence-corrected chi connectivity index (χ4v) is 21.7. The molecule has 0 radical (unpaired) electrons. The Morgan fingerprint density at radius 1 is 0.395 bits per heavy atom. The number of para-hydroxylation sites is 1. The predicted molar refractivity (Wildman–Crippen MR) is 462 cm³/mol. The summed E-state index contributed by atoms with van der Waals surface area (Å²) in [6, 6.07) is 14.6. The second kappa shape index (κ2) is 34.9. The Morgan fingerprint density at radius 2 is 0.674 bits per heavy atom. The number of aliphatic hydroxyl groups is 9. The maximum atomic E-state index is 14.0. The zero-order chi connectivity index (χ0) is 94.0. The van der Waals surface area contributed by atoms with E-state index in [0.717, 1.165) is 45.0 Å². The highest BCUT2D eigenvalue weighted by Crippen LogP contribution is 2.58. The number of piperazine rings is 3. The van der Waals surface area contributed by atoms with Gasteiger partial charge in [0, 0.05) is 141 Å². The summed E-state index contributed by atoms with van der Waals surface area (Å²) in [7, 11) is 9.22. The van der Waals surface area contributed by atoms with Crippen LogP contribution in [0, 0.1) is 35.5 Å². The minimum absolute atomic E-state index is 0.00110. The number of carbonyl (C=O) groups excluding carboxylic acids is 13. The molecule has 129 heavy (non-hydrogen) atoms. The molecule has 5 amide bonds. The van der Waals surface area contributed by atoms with Gasteiger partial charge < -0.3 is 94.0 Å². The lowest BCUT2D eigenvalue weighted by molar-refractivity contribution is -0.155. The molecule has 0 unspecified atom stereocenters. The van der Waals surface area contributed by atoms with Crippen molar-refractivity contribution >= 4 is 98.8 Å². The smallest absolute Gasteiger partial charge is 0.314 e. The molecule has 3 saturated heterocycles. The second-order valence-corrected chi connectivity index (χ2v) is 36.2. The molecule has 3 saturated carbocycles. The number of hydrogen-bond acceptors (Lipinski definition) is 33. The molecule has 38 nitrogen and oxygen atoms in total. The molecular formula is C91H107N13O25. The molecule has 16 rings (SSSR count). The Balaban J connectivity index is 0.000000156. The molecule has 9 aliphatic carbocycles. The number of phenols is 3. The van der Waals surface area contributed by atoms with E-state index in [1.54, 1.807) is 28.2 Å². The number of aromatic hydroxyl groups is 3. The van der Waals surface area contributed by atoms with E-state index in [1.165, 1.54) is 70.1 Å². The normalized spacial score (nSPS) is 27.9. The number of anilines is 1. The first-order valence-corrected chi connectivity index (χ1v) is 42.6. The number of amides is 5. The van der Waals surface area contributed by atoms with Gasteiger partial charge in [-0.15, -0.1) is 0 Å². The van der Waals surface area contributed by atoms with Gasteiger partial charge in [-0.1, -0.05) is 18.2 Å². The maximum absolute atomic E-state index is 14.0. The van der Waals surface area contributed by atoms with Gasteiger partial charge in [-0.2, -0.15) is 0 Å². The van der Waals surface area contributed by atoms with Gasteiger partial charge >= 0.3 is 6.03 Å². The number of likely N-dealkylation sites (N-methyl/N-ethyl adjacent to an activating group) is 3. The summed E-state index contributed by atoms with van der Waals surface area (Å²) in [4.78, 5) is 187. The molecule has 12 aliphatic rings. The van der Waals surface area contributed by atoms with Crippen LogP contribution in [-0.2, 0) is 62.4 Å². The molecule has 686 valence electrons. The first kappa shape index (κ1) is 92.8. The highest BCUT2D eigenvalue weighted by atomic mass is 16.4. The number of fused-ring (bicyclic) bond motifs is 9. The van der Waals surface area contributed by atoms with E-state index in [1.807, 2.05) is 35.2 Å². The molecule has 20 N–H and O–H groups in total. The number of carbonyl (C=O) groups is 13. The summed E-state index contributed by atoms with van der Waals surface area (Å²) in [6.45, 7) is 12.1. The van der Waals surface area contributed by atoms with E-state index < -0.39 is 186 Å². The van der Waals surface area contributed by atoms with Gasteiger partial charge in [0.25, 0.3) is 17.7 Å². The average molecular weight is 1780 g/mol. The van der Waals surface area contributed by atoms with Gasteiger partial charge in [0.05, 0.1) is 54.5 Å². The molecule has 3 aliphatic heterocycles. The van der Waals surface area contributed by atoms with Gasteiger partial charge in [-0.05, 0) is 178 Å². The van der Waals surface area contributed by atoms with Crippen LogP contribution in [0.4, 0.5) is 10.5 Å². The van der Waals surface area contributed by atoms with Gasteiger partial charge in [-0.3, -0.25) is 91.8 Å². The van der Waals surface area contributed by atoms with E-state index in [2.05, 4.69) is 33.4 Å². The largest absolute Gasteiger partial charge is 0.508 e. The van der Waals surface area contributed by atoms with Crippen LogP contribution in [-0.4, -0.2) is 358 Å². The van der Waals surface area contributed by atoms with Crippen LogP contribution in [0.3, 0.4) is 0 Å². The van der Waals surface area contributed by atoms with Crippen molar-refractivity contribution in [2.75, 3.05) is 145 Å². The third kappa shape index (κ3) is 15.5. The van der Waals surface area contributed by atoms with Crippen LogP contribution >= 0.6 is 0 Å². The highest BCUT2D eigenvalue weighted by molar-refractivity contribution is 6.27. The van der Waals surface area contributed by atoms with Crippen molar-refractivity contribution in [2.45, 2.75) is 93.3 Å². The van der Waals surface area contributed by atoms with Crippen LogP contribution in [0.2, 0.25) is 0 Å². The number of nitrogens with two attached hydrogens (primary N) is 4. The summed E-state index contributed by atoms with van der Waals surface area (Å²) in [6.07, 6.45) is -0.0107. The zero-order valence-electron chi connectivity index (χ0n) is 72.5. The summed E-state index contributed by atoms with van der Waals surface area (Å²) >= 11 is 0. The number of Topliss-reactive ketones (excluding diaryl/α,β-unsaturated/α-hetero) is 9. The van der Waals surface area contributed by atoms with Crippen molar-refractivity contribution in [3.05, 3.63) is 168 Å². The molecule has 12 atom stereocenters. The number of aliphatic hydroxyl groups excluding tert-OH is 6. The summed E-state index contributed by atoms with van der Waals surface area (Å²) in [5.74, 6) is -22.6. The number of benzene rings is 4. The van der Waals surface area contributed by atoms with Crippen LogP contribution in [0.25, 0.3) is 17.3 Å². The first-order chi connectivity index (χ1) is 60.7. The molecule has 3 heterocycles. The maximum Gasteiger partial charge on any atom is 0.314 e. The molecule has 0 bridgehead atoms. The van der Waals surface area contributed by atoms with E-state index in [4.69, 9.17) is 22.9 Å².